The first-order chi connectivity index (χ1) is 24.2. The first-order valence-electron chi connectivity index (χ1n) is 17.2. The summed E-state index contributed by atoms with van der Waals surface area (Å²) in [6.45, 7) is 3.73. The van der Waals surface area contributed by atoms with Crippen LogP contribution in [0.1, 0.15) is 93.5 Å². The van der Waals surface area contributed by atoms with Crippen molar-refractivity contribution in [2.24, 2.45) is 11.8 Å². The van der Waals surface area contributed by atoms with E-state index in [-0.39, 0.29) is 53.9 Å². The number of carbonyl (C=O) groups excluding carboxylic acids is 2. The van der Waals surface area contributed by atoms with E-state index in [0.29, 0.717) is 49.6 Å². The van der Waals surface area contributed by atoms with Gasteiger partial charge in [0.05, 0.1) is 28.2 Å². The lowest BCUT2D eigenvalue weighted by Gasteiger charge is -2.49. The largest absolute Gasteiger partial charge is 0.466 e. The van der Waals surface area contributed by atoms with E-state index in [1.807, 2.05) is 42.2 Å². The number of ether oxygens (including phenoxy) is 1. The molecule has 3 atom stereocenters. The molecule has 2 aliphatic rings. The second-order valence-electron chi connectivity index (χ2n) is 13.3. The van der Waals surface area contributed by atoms with Gasteiger partial charge in [-0.15, -0.1) is 0 Å². The summed E-state index contributed by atoms with van der Waals surface area (Å²) in [7, 11) is 0. The van der Waals surface area contributed by atoms with Gasteiger partial charge in [0.2, 0.25) is 11.9 Å². The van der Waals surface area contributed by atoms with Gasteiger partial charge in [-0.1, -0.05) is 37.3 Å². The molecule has 1 aliphatic carbocycles. The van der Waals surface area contributed by atoms with Crippen molar-refractivity contribution in [3.05, 3.63) is 87.7 Å². The van der Waals surface area contributed by atoms with E-state index < -0.39 is 35.6 Å². The van der Waals surface area contributed by atoms with Crippen LogP contribution in [0.15, 0.2) is 65.4 Å². The molecule has 14 heteroatoms. The van der Waals surface area contributed by atoms with Gasteiger partial charge in [-0.3, -0.25) is 9.59 Å². The minimum Gasteiger partial charge on any atom is -0.466 e. The third-order valence-electron chi connectivity index (χ3n) is 9.94. The van der Waals surface area contributed by atoms with Crippen LogP contribution in [-0.2, 0) is 33.2 Å². The third-order valence-corrected chi connectivity index (χ3v) is 10.3. The topological polar surface area (TPSA) is 75.6 Å². The predicted octanol–water partition coefficient (Wildman–Crippen LogP) is 9.55. The van der Waals surface area contributed by atoms with Crippen LogP contribution >= 0.6 is 15.9 Å². The van der Waals surface area contributed by atoms with E-state index in [1.54, 1.807) is 11.8 Å². The number of nitrogens with zero attached hydrogens (tertiary/aromatic N) is 4. The van der Waals surface area contributed by atoms with Crippen molar-refractivity contribution in [1.29, 1.82) is 0 Å². The molecule has 1 saturated carbocycles. The van der Waals surface area contributed by atoms with Gasteiger partial charge in [-0.25, -0.2) is 9.97 Å². The SMILES string of the molecule is CCOC(=O)CC1CCC(C(=O)N2C(c3ccccc3)C[C@@H](N(Cc3cc(C(F)(F)F)cc(C(F)(F)F)c3)c3ncc(Br)cn3)C[C@H]2CC)CC1. The Hall–Kier alpha value is -3.68. The lowest BCUT2D eigenvalue weighted by molar-refractivity contribution is -0.146. The van der Waals surface area contributed by atoms with Gasteiger partial charge in [-0.2, -0.15) is 26.3 Å². The number of hydrogen-bond acceptors (Lipinski definition) is 6. The number of likely N-dealkylation sites (tertiary alicyclic amines) is 1. The maximum Gasteiger partial charge on any atom is 0.416 e. The van der Waals surface area contributed by atoms with E-state index in [4.69, 9.17) is 4.74 Å². The highest BCUT2D eigenvalue weighted by molar-refractivity contribution is 9.10. The molecule has 276 valence electrons. The molecule has 0 bridgehead atoms. The van der Waals surface area contributed by atoms with Crippen LogP contribution in [0.25, 0.3) is 0 Å². The molecule has 0 spiro atoms. The number of hydrogen-bond donors (Lipinski definition) is 0. The van der Waals surface area contributed by atoms with Crippen molar-refractivity contribution in [2.75, 3.05) is 11.5 Å². The molecule has 1 amide bonds. The number of halogens is 7. The van der Waals surface area contributed by atoms with Gasteiger partial charge >= 0.3 is 18.3 Å². The highest BCUT2D eigenvalue weighted by Crippen LogP contribution is 2.43. The zero-order valence-electron chi connectivity index (χ0n) is 28.4. The van der Waals surface area contributed by atoms with Gasteiger partial charge in [0.1, 0.15) is 0 Å². The van der Waals surface area contributed by atoms with Gasteiger partial charge in [-0.05, 0) is 103 Å². The number of esters is 1. The fraction of sp³-hybridized carbons (Fsp3) is 0.514. The van der Waals surface area contributed by atoms with Crippen LogP contribution in [0.5, 0.6) is 0 Å². The number of alkyl halides is 6. The molecule has 0 N–H and O–H groups in total. The number of amides is 1. The van der Waals surface area contributed by atoms with Crippen molar-refractivity contribution >= 4 is 33.8 Å². The van der Waals surface area contributed by atoms with Crippen molar-refractivity contribution in [1.82, 2.24) is 14.9 Å². The number of aromatic nitrogens is 2. The minimum absolute atomic E-state index is 0.0166. The molecule has 2 aromatic carbocycles. The molecule has 0 radical (unpaired) electrons. The molecule has 51 heavy (non-hydrogen) atoms. The number of piperidine rings is 1. The second-order valence-corrected chi connectivity index (χ2v) is 14.2. The van der Waals surface area contributed by atoms with Crippen molar-refractivity contribution < 1.29 is 40.7 Å². The average Bonchev–Trinajstić information content (AvgIpc) is 3.10. The quantitative estimate of drug-likeness (QED) is 0.151. The molecule has 1 aromatic heterocycles. The lowest BCUT2D eigenvalue weighted by Crippen LogP contribution is -2.55. The van der Waals surface area contributed by atoms with Crippen LogP contribution in [0.2, 0.25) is 0 Å². The number of benzene rings is 2. The molecular weight excluding hydrogens is 742 g/mol. The highest BCUT2D eigenvalue weighted by atomic mass is 79.9. The molecule has 3 aromatic rings. The summed E-state index contributed by atoms with van der Waals surface area (Å²) in [6, 6.07) is 9.92. The van der Waals surface area contributed by atoms with E-state index in [0.717, 1.165) is 30.5 Å². The Morgan fingerprint density at radius 1 is 0.902 bits per heavy atom. The van der Waals surface area contributed by atoms with Crippen LogP contribution in [0.4, 0.5) is 32.3 Å². The average molecular weight is 784 g/mol. The summed E-state index contributed by atoms with van der Waals surface area (Å²) in [5.74, 6) is -0.155. The molecule has 1 saturated heterocycles. The smallest absolute Gasteiger partial charge is 0.416 e. The molecule has 2 heterocycles. The summed E-state index contributed by atoms with van der Waals surface area (Å²) >= 11 is 3.30. The first kappa shape index (κ1) is 38.5. The Bertz CT molecular complexity index is 1600. The van der Waals surface area contributed by atoms with Crippen molar-refractivity contribution in [2.45, 2.75) is 102 Å². The van der Waals surface area contributed by atoms with E-state index in [1.165, 1.54) is 12.4 Å². The van der Waals surface area contributed by atoms with Crippen molar-refractivity contribution in [3.8, 4) is 0 Å². The molecule has 7 nitrogen and oxygen atoms in total. The second kappa shape index (κ2) is 16.3. The summed E-state index contributed by atoms with van der Waals surface area (Å²) in [6.07, 6.45) is -2.67. The van der Waals surface area contributed by atoms with Crippen LogP contribution in [0.3, 0.4) is 0 Å². The fourth-order valence-electron chi connectivity index (χ4n) is 7.48. The number of carbonyl (C=O) groups is 2. The molecule has 1 unspecified atom stereocenters. The highest BCUT2D eigenvalue weighted by Gasteiger charge is 2.44. The zero-order valence-corrected chi connectivity index (χ0v) is 30.0. The van der Waals surface area contributed by atoms with Crippen LogP contribution in [-0.4, -0.2) is 45.4 Å². The Balaban J connectivity index is 1.48. The van der Waals surface area contributed by atoms with Gasteiger partial charge in [0.15, 0.2) is 0 Å². The lowest BCUT2D eigenvalue weighted by atomic mass is 9.78. The maximum absolute atomic E-state index is 14.5. The van der Waals surface area contributed by atoms with E-state index >= 15 is 0 Å². The normalized spacial score (nSPS) is 22.8. The van der Waals surface area contributed by atoms with Gasteiger partial charge in [0.25, 0.3) is 0 Å². The summed E-state index contributed by atoms with van der Waals surface area (Å²) in [5, 5.41) is 0. The molecule has 5 rings (SSSR count). The van der Waals surface area contributed by atoms with Gasteiger partial charge in [0, 0.05) is 43.4 Å². The van der Waals surface area contributed by atoms with Gasteiger partial charge < -0.3 is 14.5 Å². The molecular formula is C37H41BrF6N4O3. The zero-order chi connectivity index (χ0) is 36.9. The Morgan fingerprint density at radius 3 is 2.06 bits per heavy atom. The summed E-state index contributed by atoms with van der Waals surface area (Å²) in [5.41, 5.74) is -2.10. The monoisotopic (exact) mass is 782 g/mol. The molecule has 2 fully saturated rings. The summed E-state index contributed by atoms with van der Waals surface area (Å²) < 4.78 is 88.7. The number of anilines is 1. The standard InChI is InChI=1S/C37H41BrF6N4O3/c1-3-30-18-31(47(35-45-20-29(38)21-46-35)22-24-14-27(36(39,40)41)17-28(15-24)37(42,43)44)19-32(25-8-6-5-7-9-25)48(30)34(50)26-12-10-23(11-13-26)16-33(49)51-4-2/h5-9,14-15,17,20-21,23,26,30-32H,3-4,10-13,16,18-19,22H2,1-2H3/t23?,26?,30-,31+,32?/m1/s1. The summed E-state index contributed by atoms with van der Waals surface area (Å²) in [4.78, 5) is 39.0. The third kappa shape index (κ3) is 9.61. The fourth-order valence-corrected chi connectivity index (χ4v) is 7.68. The number of rotatable bonds is 10. The maximum atomic E-state index is 14.5. The van der Waals surface area contributed by atoms with E-state index in [9.17, 15) is 35.9 Å². The van der Waals surface area contributed by atoms with Crippen LogP contribution < -0.4 is 4.90 Å². The first-order valence-corrected chi connectivity index (χ1v) is 18.0. The van der Waals surface area contributed by atoms with E-state index in [2.05, 4.69) is 25.9 Å². The Labute approximate surface area is 301 Å². The minimum atomic E-state index is -5.00. The Morgan fingerprint density at radius 2 is 1.51 bits per heavy atom. The van der Waals surface area contributed by atoms with Crippen LogP contribution in [0, 0.1) is 11.8 Å². The van der Waals surface area contributed by atoms with Crippen molar-refractivity contribution in [3.63, 3.8) is 0 Å². The Kier molecular flexibility index (Phi) is 12.3. The predicted molar refractivity (Wildman–Crippen MR) is 182 cm³/mol. The molecule has 1 aliphatic heterocycles.